The summed E-state index contributed by atoms with van der Waals surface area (Å²) < 4.78 is 5.36. The van der Waals surface area contributed by atoms with Crippen molar-refractivity contribution in [2.45, 2.75) is 70.6 Å². The summed E-state index contributed by atoms with van der Waals surface area (Å²) in [5.74, 6) is 0.571. The lowest BCUT2D eigenvalue weighted by Crippen LogP contribution is -2.68. The summed E-state index contributed by atoms with van der Waals surface area (Å²) in [6, 6.07) is 0.533. The standard InChI is InChI=1S/C16H31N3O2/c1-12-7-5-6-8-16(12,19-13-9-17-10-13)11-18-14(20)21-15(2,3)4/h12-13,17,19H,5-11H2,1-4H3,(H,18,20). The highest BCUT2D eigenvalue weighted by Gasteiger charge is 2.41. The van der Waals surface area contributed by atoms with Crippen molar-refractivity contribution in [3.05, 3.63) is 0 Å². The molecule has 0 spiro atoms. The van der Waals surface area contributed by atoms with Gasteiger partial charge < -0.3 is 20.7 Å². The number of rotatable bonds is 4. The van der Waals surface area contributed by atoms with Gasteiger partial charge in [-0.15, -0.1) is 0 Å². The number of ether oxygens (including phenoxy) is 1. The fraction of sp³-hybridized carbons (Fsp3) is 0.938. The molecule has 0 aromatic heterocycles. The molecule has 1 saturated heterocycles. The van der Waals surface area contributed by atoms with Crippen molar-refractivity contribution in [2.75, 3.05) is 19.6 Å². The molecule has 0 aromatic carbocycles. The maximum atomic E-state index is 11.9. The third kappa shape index (κ3) is 4.58. The van der Waals surface area contributed by atoms with Crippen molar-refractivity contribution in [2.24, 2.45) is 5.92 Å². The molecule has 1 aliphatic heterocycles. The highest BCUT2D eigenvalue weighted by atomic mass is 16.6. The Morgan fingerprint density at radius 2 is 2.05 bits per heavy atom. The zero-order valence-corrected chi connectivity index (χ0v) is 13.9. The molecule has 3 N–H and O–H groups in total. The molecule has 5 nitrogen and oxygen atoms in total. The van der Waals surface area contributed by atoms with Crippen LogP contribution in [0.3, 0.4) is 0 Å². The van der Waals surface area contributed by atoms with Crippen LogP contribution in [0.4, 0.5) is 4.79 Å². The second-order valence-electron chi connectivity index (χ2n) is 7.66. The SMILES string of the molecule is CC1CCCCC1(CNC(=O)OC(C)(C)C)NC1CNC1. The molecule has 0 bridgehead atoms. The largest absolute Gasteiger partial charge is 0.444 e. The lowest BCUT2D eigenvalue weighted by Gasteiger charge is -2.48. The van der Waals surface area contributed by atoms with E-state index in [1.54, 1.807) is 0 Å². The van der Waals surface area contributed by atoms with Gasteiger partial charge >= 0.3 is 6.09 Å². The Labute approximate surface area is 128 Å². The number of nitrogens with one attached hydrogen (secondary N) is 3. The number of amides is 1. The maximum Gasteiger partial charge on any atom is 0.407 e. The number of hydrogen-bond donors (Lipinski definition) is 3. The summed E-state index contributed by atoms with van der Waals surface area (Å²) in [7, 11) is 0. The highest BCUT2D eigenvalue weighted by Crippen LogP contribution is 2.34. The molecule has 2 aliphatic rings. The van der Waals surface area contributed by atoms with E-state index in [0.29, 0.717) is 18.5 Å². The van der Waals surface area contributed by atoms with Gasteiger partial charge in [-0.05, 0) is 39.5 Å². The zero-order chi connectivity index (χ0) is 15.5. The van der Waals surface area contributed by atoms with E-state index >= 15 is 0 Å². The Kier molecular flexibility index (Phi) is 5.15. The first-order chi connectivity index (χ1) is 9.81. The van der Waals surface area contributed by atoms with Gasteiger partial charge in [0.25, 0.3) is 0 Å². The number of carbonyl (C=O) groups excluding carboxylic acids is 1. The van der Waals surface area contributed by atoms with Crippen LogP contribution < -0.4 is 16.0 Å². The fourth-order valence-corrected chi connectivity index (χ4v) is 3.28. The highest BCUT2D eigenvalue weighted by molar-refractivity contribution is 5.67. The van der Waals surface area contributed by atoms with Crippen LogP contribution in [0.2, 0.25) is 0 Å². The minimum Gasteiger partial charge on any atom is -0.444 e. The van der Waals surface area contributed by atoms with Crippen LogP contribution in [0.1, 0.15) is 53.4 Å². The van der Waals surface area contributed by atoms with Crippen LogP contribution in [0.5, 0.6) is 0 Å². The molecule has 2 atom stereocenters. The van der Waals surface area contributed by atoms with Crippen LogP contribution >= 0.6 is 0 Å². The first-order valence-corrected chi connectivity index (χ1v) is 8.26. The molecular weight excluding hydrogens is 266 g/mol. The molecule has 21 heavy (non-hydrogen) atoms. The first-order valence-electron chi connectivity index (χ1n) is 8.26. The van der Waals surface area contributed by atoms with Gasteiger partial charge in [-0.2, -0.15) is 0 Å². The quantitative estimate of drug-likeness (QED) is 0.743. The molecule has 0 aromatic rings. The molecule has 122 valence electrons. The van der Waals surface area contributed by atoms with Gasteiger partial charge in [0.2, 0.25) is 0 Å². The number of carbonyl (C=O) groups is 1. The Bertz CT molecular complexity index is 363. The van der Waals surface area contributed by atoms with Gasteiger partial charge in [-0.25, -0.2) is 4.79 Å². The molecule has 5 heteroatoms. The first kappa shape index (κ1) is 16.6. The monoisotopic (exact) mass is 297 g/mol. The summed E-state index contributed by atoms with van der Waals surface area (Å²) >= 11 is 0. The van der Waals surface area contributed by atoms with E-state index in [2.05, 4.69) is 22.9 Å². The molecule has 2 fully saturated rings. The average Bonchev–Trinajstić information content (AvgIpc) is 2.32. The number of alkyl carbamates (subject to hydrolysis) is 1. The summed E-state index contributed by atoms with van der Waals surface area (Å²) in [6.45, 7) is 10.7. The van der Waals surface area contributed by atoms with Gasteiger partial charge in [-0.3, -0.25) is 0 Å². The predicted octanol–water partition coefficient (Wildman–Crippen LogP) is 2.02. The van der Waals surface area contributed by atoms with E-state index in [1.807, 2.05) is 20.8 Å². The molecule has 1 saturated carbocycles. The van der Waals surface area contributed by atoms with E-state index in [1.165, 1.54) is 19.3 Å². The third-order valence-corrected chi connectivity index (χ3v) is 4.67. The predicted molar refractivity (Wildman–Crippen MR) is 84.4 cm³/mol. The second-order valence-corrected chi connectivity index (χ2v) is 7.66. The van der Waals surface area contributed by atoms with Crippen molar-refractivity contribution in [3.63, 3.8) is 0 Å². The second kappa shape index (κ2) is 6.53. The third-order valence-electron chi connectivity index (χ3n) is 4.67. The van der Waals surface area contributed by atoms with E-state index in [9.17, 15) is 4.79 Å². The van der Waals surface area contributed by atoms with Crippen molar-refractivity contribution in [1.82, 2.24) is 16.0 Å². The van der Waals surface area contributed by atoms with E-state index in [-0.39, 0.29) is 11.6 Å². The Hall–Kier alpha value is -0.810. The van der Waals surface area contributed by atoms with Crippen LogP contribution in [-0.4, -0.2) is 42.9 Å². The smallest absolute Gasteiger partial charge is 0.407 e. The summed E-state index contributed by atoms with van der Waals surface area (Å²) in [5, 5.41) is 10.1. The molecule has 0 radical (unpaired) electrons. The summed E-state index contributed by atoms with van der Waals surface area (Å²) in [5.41, 5.74) is -0.428. The van der Waals surface area contributed by atoms with E-state index in [4.69, 9.17) is 4.74 Å². The van der Waals surface area contributed by atoms with Gasteiger partial charge in [0.05, 0.1) is 0 Å². The minimum absolute atomic E-state index is 0.0158. The molecular formula is C16H31N3O2. The summed E-state index contributed by atoms with van der Waals surface area (Å²) in [6.07, 6.45) is 4.56. The van der Waals surface area contributed by atoms with E-state index in [0.717, 1.165) is 19.5 Å². The molecule has 1 aliphatic carbocycles. The molecule has 1 heterocycles. The van der Waals surface area contributed by atoms with Crippen LogP contribution in [0.25, 0.3) is 0 Å². The van der Waals surface area contributed by atoms with Gasteiger partial charge in [-0.1, -0.05) is 19.8 Å². The summed E-state index contributed by atoms with van der Waals surface area (Å²) in [4.78, 5) is 11.9. The Morgan fingerprint density at radius 3 is 2.57 bits per heavy atom. The Balaban J connectivity index is 1.93. The van der Waals surface area contributed by atoms with Crippen molar-refractivity contribution in [1.29, 1.82) is 0 Å². The van der Waals surface area contributed by atoms with Crippen LogP contribution in [-0.2, 0) is 4.74 Å². The molecule has 2 unspecified atom stereocenters. The minimum atomic E-state index is -0.444. The lowest BCUT2D eigenvalue weighted by atomic mass is 9.73. The topological polar surface area (TPSA) is 62.4 Å². The lowest BCUT2D eigenvalue weighted by molar-refractivity contribution is 0.0465. The van der Waals surface area contributed by atoms with Gasteiger partial charge in [0.15, 0.2) is 0 Å². The normalized spacial score (nSPS) is 30.6. The zero-order valence-electron chi connectivity index (χ0n) is 13.9. The van der Waals surface area contributed by atoms with Crippen LogP contribution in [0.15, 0.2) is 0 Å². The van der Waals surface area contributed by atoms with Gasteiger partial charge in [0, 0.05) is 31.2 Å². The van der Waals surface area contributed by atoms with Crippen molar-refractivity contribution in [3.8, 4) is 0 Å². The van der Waals surface area contributed by atoms with E-state index < -0.39 is 5.60 Å². The fourth-order valence-electron chi connectivity index (χ4n) is 3.28. The molecule has 2 rings (SSSR count). The van der Waals surface area contributed by atoms with Crippen molar-refractivity contribution >= 4 is 6.09 Å². The van der Waals surface area contributed by atoms with Crippen molar-refractivity contribution < 1.29 is 9.53 Å². The molecule has 1 amide bonds. The van der Waals surface area contributed by atoms with Gasteiger partial charge in [0.1, 0.15) is 5.60 Å². The van der Waals surface area contributed by atoms with Crippen LogP contribution in [0, 0.1) is 5.92 Å². The average molecular weight is 297 g/mol. The maximum absolute atomic E-state index is 11.9. The number of hydrogen-bond acceptors (Lipinski definition) is 4. The Morgan fingerprint density at radius 1 is 1.33 bits per heavy atom.